The SMILES string of the molecule is Cn1nc(-c2c(F)cccc2Cl)nc1-c1ccc(Cl)c(Oc2ccc(C(F)(F)F)cn2)c1. The fraction of sp³-hybridized carbons (Fsp3) is 0.0952. The first-order chi connectivity index (χ1) is 15.1. The van der Waals surface area contributed by atoms with Crippen molar-refractivity contribution in [3.63, 3.8) is 0 Å². The predicted octanol–water partition coefficient (Wildman–Crippen LogP) is 6.80. The standard InChI is InChI=1S/C21H12Cl2F4N4O/c1-31-20(29-19(30-31)18-14(23)3-2-4-15(18)24)11-5-7-13(22)16(9-11)32-17-8-6-12(10-28-17)21(25,26)27/h2-10H,1H3. The maximum atomic E-state index is 14.3. The molecule has 0 atom stereocenters. The fourth-order valence-corrected chi connectivity index (χ4v) is 3.30. The Morgan fingerprint density at radius 1 is 1.00 bits per heavy atom. The molecule has 11 heteroatoms. The van der Waals surface area contributed by atoms with Crippen molar-refractivity contribution in [2.45, 2.75) is 6.18 Å². The van der Waals surface area contributed by atoms with Crippen molar-refractivity contribution in [3.8, 4) is 34.4 Å². The Labute approximate surface area is 189 Å². The molecule has 2 aromatic carbocycles. The van der Waals surface area contributed by atoms with E-state index in [0.29, 0.717) is 17.6 Å². The number of ether oxygens (including phenoxy) is 1. The number of alkyl halides is 3. The lowest BCUT2D eigenvalue weighted by molar-refractivity contribution is -0.137. The van der Waals surface area contributed by atoms with Gasteiger partial charge < -0.3 is 4.74 Å². The molecule has 4 aromatic rings. The van der Waals surface area contributed by atoms with Crippen LogP contribution in [0, 0.1) is 5.82 Å². The first-order valence-corrected chi connectivity index (χ1v) is 9.75. The maximum absolute atomic E-state index is 14.3. The Morgan fingerprint density at radius 2 is 1.78 bits per heavy atom. The quantitative estimate of drug-likeness (QED) is 0.300. The van der Waals surface area contributed by atoms with Crippen LogP contribution >= 0.6 is 23.2 Å². The van der Waals surface area contributed by atoms with Crippen LogP contribution in [0.25, 0.3) is 22.8 Å². The van der Waals surface area contributed by atoms with Gasteiger partial charge in [-0.05, 0) is 36.4 Å². The molecule has 0 fully saturated rings. The molecule has 0 aliphatic carbocycles. The van der Waals surface area contributed by atoms with Crippen molar-refractivity contribution in [2.75, 3.05) is 0 Å². The smallest absolute Gasteiger partial charge is 0.417 e. The number of hydrogen-bond donors (Lipinski definition) is 0. The van der Waals surface area contributed by atoms with Crippen LogP contribution in [-0.4, -0.2) is 19.7 Å². The molecular weight excluding hydrogens is 471 g/mol. The summed E-state index contributed by atoms with van der Waals surface area (Å²) < 4.78 is 59.4. The van der Waals surface area contributed by atoms with E-state index < -0.39 is 17.6 Å². The molecule has 5 nitrogen and oxygen atoms in total. The number of benzene rings is 2. The Bertz CT molecular complexity index is 1270. The van der Waals surface area contributed by atoms with Crippen LogP contribution in [0.3, 0.4) is 0 Å². The van der Waals surface area contributed by atoms with Gasteiger partial charge in [-0.2, -0.15) is 18.3 Å². The lowest BCUT2D eigenvalue weighted by Crippen LogP contribution is -2.05. The van der Waals surface area contributed by atoms with E-state index >= 15 is 0 Å². The van der Waals surface area contributed by atoms with Crippen molar-refractivity contribution in [1.29, 1.82) is 0 Å². The summed E-state index contributed by atoms with van der Waals surface area (Å²) in [5.41, 5.74) is -0.316. The minimum Gasteiger partial charge on any atom is -0.437 e. The molecule has 0 spiro atoms. The number of pyridine rings is 1. The van der Waals surface area contributed by atoms with Crippen LogP contribution in [0.4, 0.5) is 17.6 Å². The van der Waals surface area contributed by atoms with Gasteiger partial charge in [0.25, 0.3) is 0 Å². The van der Waals surface area contributed by atoms with Crippen LogP contribution < -0.4 is 4.74 Å². The molecule has 4 rings (SSSR count). The second-order valence-electron chi connectivity index (χ2n) is 6.61. The summed E-state index contributed by atoms with van der Waals surface area (Å²) in [5, 5.41) is 4.60. The van der Waals surface area contributed by atoms with E-state index in [1.165, 1.54) is 35.0 Å². The van der Waals surface area contributed by atoms with Crippen molar-refractivity contribution in [1.82, 2.24) is 19.7 Å². The second kappa shape index (κ2) is 8.40. The number of halogens is 6. The lowest BCUT2D eigenvalue weighted by Gasteiger charge is -2.10. The molecule has 0 saturated carbocycles. The number of hydrogen-bond acceptors (Lipinski definition) is 4. The van der Waals surface area contributed by atoms with Gasteiger partial charge >= 0.3 is 6.18 Å². The summed E-state index contributed by atoms with van der Waals surface area (Å²) in [6.45, 7) is 0. The van der Waals surface area contributed by atoms with Gasteiger partial charge in [-0.1, -0.05) is 29.3 Å². The topological polar surface area (TPSA) is 52.8 Å². The van der Waals surface area contributed by atoms with E-state index in [2.05, 4.69) is 15.1 Å². The largest absolute Gasteiger partial charge is 0.437 e. The highest BCUT2D eigenvalue weighted by Gasteiger charge is 2.30. The van der Waals surface area contributed by atoms with Crippen molar-refractivity contribution < 1.29 is 22.3 Å². The zero-order chi connectivity index (χ0) is 23.0. The molecule has 0 bridgehead atoms. The molecule has 0 radical (unpaired) electrons. The molecule has 164 valence electrons. The lowest BCUT2D eigenvalue weighted by atomic mass is 10.2. The molecule has 0 aliphatic rings. The zero-order valence-electron chi connectivity index (χ0n) is 16.2. The third kappa shape index (κ3) is 4.39. The third-order valence-electron chi connectivity index (χ3n) is 4.42. The van der Waals surface area contributed by atoms with Gasteiger partial charge in [-0.3, -0.25) is 0 Å². The minimum absolute atomic E-state index is 0.0652. The van der Waals surface area contributed by atoms with Gasteiger partial charge in [0.1, 0.15) is 11.6 Å². The number of nitrogens with zero attached hydrogens (tertiary/aromatic N) is 4. The molecule has 0 saturated heterocycles. The molecule has 32 heavy (non-hydrogen) atoms. The fourth-order valence-electron chi connectivity index (χ4n) is 2.89. The summed E-state index contributed by atoms with van der Waals surface area (Å²) in [6, 6.07) is 10.9. The van der Waals surface area contributed by atoms with E-state index in [-0.39, 0.29) is 33.1 Å². The van der Waals surface area contributed by atoms with Gasteiger partial charge in [0.05, 0.1) is 21.2 Å². The first-order valence-electron chi connectivity index (χ1n) is 9.00. The Kier molecular flexibility index (Phi) is 5.79. The number of aromatic nitrogens is 4. The summed E-state index contributed by atoms with van der Waals surface area (Å²) in [7, 11) is 1.62. The molecule has 2 heterocycles. The monoisotopic (exact) mass is 482 g/mol. The highest BCUT2D eigenvalue weighted by atomic mass is 35.5. The summed E-state index contributed by atoms with van der Waals surface area (Å²) >= 11 is 12.3. The van der Waals surface area contributed by atoms with Gasteiger partial charge in [0.15, 0.2) is 11.6 Å². The zero-order valence-corrected chi connectivity index (χ0v) is 17.7. The van der Waals surface area contributed by atoms with Crippen molar-refractivity contribution in [2.24, 2.45) is 7.05 Å². The van der Waals surface area contributed by atoms with Crippen LogP contribution in [0.2, 0.25) is 10.0 Å². The van der Waals surface area contributed by atoms with E-state index in [0.717, 1.165) is 12.1 Å². The third-order valence-corrected chi connectivity index (χ3v) is 5.04. The minimum atomic E-state index is -4.51. The summed E-state index contributed by atoms with van der Waals surface area (Å²) in [6.07, 6.45) is -3.84. The van der Waals surface area contributed by atoms with E-state index in [4.69, 9.17) is 27.9 Å². The molecule has 0 N–H and O–H groups in total. The van der Waals surface area contributed by atoms with Crippen molar-refractivity contribution >= 4 is 23.2 Å². The van der Waals surface area contributed by atoms with Crippen LogP contribution in [0.1, 0.15) is 5.56 Å². The average molecular weight is 483 g/mol. The normalized spacial score (nSPS) is 11.6. The van der Waals surface area contributed by atoms with Crippen LogP contribution in [0.5, 0.6) is 11.6 Å². The summed E-state index contributed by atoms with van der Waals surface area (Å²) in [4.78, 5) is 8.05. The molecule has 0 amide bonds. The van der Waals surface area contributed by atoms with E-state index in [1.807, 2.05) is 0 Å². The van der Waals surface area contributed by atoms with E-state index in [9.17, 15) is 17.6 Å². The Morgan fingerprint density at radius 3 is 2.44 bits per heavy atom. The highest BCUT2D eigenvalue weighted by molar-refractivity contribution is 6.33. The van der Waals surface area contributed by atoms with Crippen LogP contribution in [-0.2, 0) is 13.2 Å². The molecular formula is C21H12Cl2F4N4O. The molecule has 0 unspecified atom stereocenters. The first kappa shape index (κ1) is 22.0. The maximum Gasteiger partial charge on any atom is 0.417 e. The molecule has 2 aromatic heterocycles. The predicted molar refractivity (Wildman–Crippen MR) is 111 cm³/mol. The Hall–Kier alpha value is -3.17. The number of aryl methyl sites for hydroxylation is 1. The van der Waals surface area contributed by atoms with Gasteiger partial charge in [0, 0.05) is 24.9 Å². The highest BCUT2D eigenvalue weighted by Crippen LogP contribution is 2.35. The summed E-state index contributed by atoms with van der Waals surface area (Å²) in [5.74, 6) is -0.0458. The average Bonchev–Trinajstić information content (AvgIpc) is 3.10. The van der Waals surface area contributed by atoms with Gasteiger partial charge in [-0.15, -0.1) is 0 Å². The Balaban J connectivity index is 1.67. The van der Waals surface area contributed by atoms with E-state index in [1.54, 1.807) is 13.1 Å². The van der Waals surface area contributed by atoms with Crippen LogP contribution in [0.15, 0.2) is 54.7 Å². The number of rotatable bonds is 4. The van der Waals surface area contributed by atoms with Crippen molar-refractivity contribution in [3.05, 3.63) is 76.2 Å². The molecule has 0 aliphatic heterocycles. The second-order valence-corrected chi connectivity index (χ2v) is 7.42. The van der Waals surface area contributed by atoms with Gasteiger partial charge in [0.2, 0.25) is 5.88 Å². The van der Waals surface area contributed by atoms with Gasteiger partial charge in [-0.25, -0.2) is 19.0 Å².